The first-order valence-corrected chi connectivity index (χ1v) is 10.4. The lowest BCUT2D eigenvalue weighted by atomic mass is 10.1. The summed E-state index contributed by atoms with van der Waals surface area (Å²) < 4.78 is 0. The smallest absolute Gasteiger partial charge is 0.178 e. The first-order chi connectivity index (χ1) is 16.0. The summed E-state index contributed by atoms with van der Waals surface area (Å²) in [5.74, 6) is 0.150. The molecule has 7 nitrogen and oxygen atoms in total. The van der Waals surface area contributed by atoms with Crippen LogP contribution in [-0.2, 0) is 4.79 Å². The molecule has 5 N–H and O–H groups in total. The molecule has 168 valence electrons. The fraction of sp³-hybridized carbons (Fsp3) is 0.0769. The summed E-state index contributed by atoms with van der Waals surface area (Å²) in [5, 5.41) is 35.9. The van der Waals surface area contributed by atoms with E-state index in [2.05, 4.69) is 15.6 Å². The van der Waals surface area contributed by atoms with Crippen molar-refractivity contribution in [3.63, 3.8) is 0 Å². The number of ketones is 1. The summed E-state index contributed by atoms with van der Waals surface area (Å²) >= 11 is 0. The van der Waals surface area contributed by atoms with Crippen molar-refractivity contribution in [2.24, 2.45) is 4.99 Å². The molecule has 0 heterocycles. The molecule has 0 atom stereocenters. The standard InChI is InChI=1S/C24H19N3O4.C2H6/c28-18-7-1-15(2-8-18)25-21-13-23(27-17-5-11-20(30)12-6-17)24(31)14-22(21)26-16-3-9-19(29)10-4-16;1-2/h1-14,25,27-28,30-31H;1-2H3. The third-order valence-electron chi connectivity index (χ3n) is 4.49. The molecule has 33 heavy (non-hydrogen) atoms. The topological polar surface area (TPSA) is 114 Å². The fourth-order valence-corrected chi connectivity index (χ4v) is 2.93. The van der Waals surface area contributed by atoms with Gasteiger partial charge in [-0.05, 0) is 78.9 Å². The van der Waals surface area contributed by atoms with Crippen molar-refractivity contribution < 1.29 is 20.1 Å². The van der Waals surface area contributed by atoms with E-state index < -0.39 is 0 Å². The summed E-state index contributed by atoms with van der Waals surface area (Å²) in [5.41, 5.74) is 3.44. The first kappa shape index (κ1) is 23.1. The Morgan fingerprint density at radius 3 is 1.67 bits per heavy atom. The van der Waals surface area contributed by atoms with Crippen LogP contribution in [0.5, 0.6) is 17.2 Å². The molecule has 1 aliphatic rings. The molecule has 3 aromatic rings. The average molecular weight is 444 g/mol. The molecule has 7 heteroatoms. The Morgan fingerprint density at radius 1 is 0.667 bits per heavy atom. The van der Waals surface area contributed by atoms with E-state index >= 15 is 0 Å². The Balaban J connectivity index is 0.00000149. The van der Waals surface area contributed by atoms with Gasteiger partial charge in [-0.2, -0.15) is 0 Å². The zero-order chi connectivity index (χ0) is 23.8. The van der Waals surface area contributed by atoms with Gasteiger partial charge in [-0.3, -0.25) is 4.79 Å². The summed E-state index contributed by atoms with van der Waals surface area (Å²) in [4.78, 5) is 15.9. The van der Waals surface area contributed by atoms with Gasteiger partial charge in [-0.25, -0.2) is 4.99 Å². The molecule has 0 radical (unpaired) electrons. The van der Waals surface area contributed by atoms with Crippen LogP contribution in [0.15, 0.2) is 90.0 Å². The van der Waals surface area contributed by atoms with Crippen molar-refractivity contribution in [1.82, 2.24) is 0 Å². The lowest BCUT2D eigenvalue weighted by Crippen LogP contribution is -2.00. The van der Waals surface area contributed by atoms with Gasteiger partial charge in [-0.1, -0.05) is 13.8 Å². The van der Waals surface area contributed by atoms with Crippen LogP contribution in [-0.4, -0.2) is 26.8 Å². The molecule has 0 spiro atoms. The van der Waals surface area contributed by atoms with Crippen LogP contribution in [0.3, 0.4) is 0 Å². The second kappa shape index (κ2) is 10.7. The first-order valence-electron chi connectivity index (χ1n) is 10.4. The second-order valence-corrected chi connectivity index (χ2v) is 6.84. The highest BCUT2D eigenvalue weighted by Gasteiger charge is 2.12. The highest BCUT2D eigenvalue weighted by molar-refractivity contribution is 6.17. The molecule has 0 amide bonds. The maximum absolute atomic E-state index is 11.4. The van der Waals surface area contributed by atoms with E-state index in [9.17, 15) is 20.1 Å². The number of carbonyl (C=O) groups is 1. The molecule has 0 saturated carbocycles. The fourth-order valence-electron chi connectivity index (χ4n) is 2.93. The third-order valence-corrected chi connectivity index (χ3v) is 4.49. The van der Waals surface area contributed by atoms with Gasteiger partial charge in [0, 0.05) is 17.4 Å². The van der Waals surface area contributed by atoms with E-state index in [-0.39, 0.29) is 23.0 Å². The van der Waals surface area contributed by atoms with Crippen molar-refractivity contribution >= 4 is 39.9 Å². The molecule has 1 aliphatic carbocycles. The largest absolute Gasteiger partial charge is 0.508 e. The highest BCUT2D eigenvalue weighted by Crippen LogP contribution is 2.39. The van der Waals surface area contributed by atoms with E-state index in [1.54, 1.807) is 66.7 Å². The Hall–Kier alpha value is -4.52. The molecule has 0 unspecified atom stereocenters. The minimum absolute atomic E-state index is 0.0245. The zero-order valence-electron chi connectivity index (χ0n) is 18.3. The lowest BCUT2D eigenvalue weighted by Gasteiger charge is -2.15. The van der Waals surface area contributed by atoms with Crippen molar-refractivity contribution in [3.8, 4) is 17.2 Å². The van der Waals surface area contributed by atoms with E-state index in [1.807, 2.05) is 13.8 Å². The van der Waals surface area contributed by atoms with Gasteiger partial charge in [0.25, 0.3) is 0 Å². The van der Waals surface area contributed by atoms with Crippen LogP contribution in [0.25, 0.3) is 0 Å². The summed E-state index contributed by atoms with van der Waals surface area (Å²) in [6.45, 7) is 4.00. The number of anilines is 4. The Bertz CT molecular complexity index is 1190. The summed E-state index contributed by atoms with van der Waals surface area (Å²) in [7, 11) is 0. The average Bonchev–Trinajstić information content (AvgIpc) is 2.82. The minimum Gasteiger partial charge on any atom is -0.508 e. The quantitative estimate of drug-likeness (QED) is 0.185. The maximum atomic E-state index is 11.4. The van der Waals surface area contributed by atoms with Gasteiger partial charge < -0.3 is 26.0 Å². The van der Waals surface area contributed by atoms with Crippen LogP contribution < -0.4 is 10.6 Å². The van der Waals surface area contributed by atoms with Crippen LogP contribution in [0, 0.1) is 0 Å². The minimum atomic E-state index is -0.113. The molecule has 0 fully saturated rings. The van der Waals surface area contributed by atoms with E-state index in [0.29, 0.717) is 34.1 Å². The van der Waals surface area contributed by atoms with E-state index in [4.69, 9.17) is 0 Å². The highest BCUT2D eigenvalue weighted by atomic mass is 16.3. The van der Waals surface area contributed by atoms with Crippen LogP contribution in [0.2, 0.25) is 0 Å². The molecule has 0 aliphatic heterocycles. The van der Waals surface area contributed by atoms with Crippen LogP contribution in [0.4, 0.5) is 28.4 Å². The number of carbonyl (C=O) groups excluding carboxylic acids is 1. The SMILES string of the molecule is CC.O=C1C=CC(=Nc2cc(O)c(Nc3ccc(O)cc3)cc2Nc2ccc(O)cc2)C=C1. The zero-order valence-corrected chi connectivity index (χ0v) is 18.3. The monoisotopic (exact) mass is 443 g/mol. The number of phenolic OH excluding ortho intramolecular Hbond substituents is 3. The predicted octanol–water partition coefficient (Wildman–Crippen LogP) is 6.08. The number of hydrogen-bond donors (Lipinski definition) is 5. The van der Waals surface area contributed by atoms with Crippen molar-refractivity contribution in [3.05, 3.63) is 85.0 Å². The molecule has 3 aromatic carbocycles. The number of aromatic hydroxyl groups is 3. The molecule has 4 rings (SSSR count). The second-order valence-electron chi connectivity index (χ2n) is 6.84. The van der Waals surface area contributed by atoms with Crippen molar-refractivity contribution in [1.29, 1.82) is 0 Å². The number of benzene rings is 3. The molecular weight excluding hydrogens is 418 g/mol. The molecule has 0 bridgehead atoms. The van der Waals surface area contributed by atoms with Crippen LogP contribution in [0.1, 0.15) is 13.8 Å². The number of nitrogens with one attached hydrogen (secondary N) is 2. The van der Waals surface area contributed by atoms with Gasteiger partial charge >= 0.3 is 0 Å². The van der Waals surface area contributed by atoms with Crippen molar-refractivity contribution in [2.45, 2.75) is 13.8 Å². The molecule has 0 aromatic heterocycles. The number of allylic oxidation sites excluding steroid dienone is 4. The van der Waals surface area contributed by atoms with E-state index in [0.717, 1.165) is 0 Å². The third kappa shape index (κ3) is 6.24. The Kier molecular flexibility index (Phi) is 7.49. The lowest BCUT2D eigenvalue weighted by molar-refractivity contribution is -0.110. The number of hydrogen-bond acceptors (Lipinski definition) is 7. The van der Waals surface area contributed by atoms with Gasteiger partial charge in [0.2, 0.25) is 0 Å². The van der Waals surface area contributed by atoms with Crippen LogP contribution >= 0.6 is 0 Å². The maximum Gasteiger partial charge on any atom is 0.178 e. The van der Waals surface area contributed by atoms with Crippen molar-refractivity contribution in [2.75, 3.05) is 10.6 Å². The van der Waals surface area contributed by atoms with Gasteiger partial charge in [0.15, 0.2) is 5.78 Å². The number of rotatable bonds is 5. The molecular formula is C26H25N3O4. The Labute approximate surface area is 192 Å². The van der Waals surface area contributed by atoms with Gasteiger partial charge in [0.1, 0.15) is 17.2 Å². The number of nitrogens with zero attached hydrogens (tertiary/aromatic N) is 1. The van der Waals surface area contributed by atoms with E-state index in [1.165, 1.54) is 18.2 Å². The predicted molar refractivity (Wildman–Crippen MR) is 133 cm³/mol. The summed E-state index contributed by atoms with van der Waals surface area (Å²) in [6.07, 6.45) is 6.05. The summed E-state index contributed by atoms with van der Waals surface area (Å²) in [6, 6.07) is 16.2. The number of phenols is 3. The molecule has 0 saturated heterocycles. The Morgan fingerprint density at radius 2 is 1.15 bits per heavy atom. The number of aliphatic imine (C=N–C) groups is 1. The van der Waals surface area contributed by atoms with Gasteiger partial charge in [-0.15, -0.1) is 0 Å². The normalized spacial score (nSPS) is 12.1. The van der Waals surface area contributed by atoms with Gasteiger partial charge in [0.05, 0.1) is 22.8 Å².